The van der Waals surface area contributed by atoms with Crippen molar-refractivity contribution in [1.29, 1.82) is 0 Å². The lowest BCUT2D eigenvalue weighted by Crippen LogP contribution is -2.33. The van der Waals surface area contributed by atoms with Crippen LogP contribution < -0.4 is 5.32 Å². The fourth-order valence-electron chi connectivity index (χ4n) is 1.65. The zero-order valence-electron chi connectivity index (χ0n) is 10.8. The normalized spacial score (nSPS) is 12.0. The van der Waals surface area contributed by atoms with Crippen LogP contribution in [0.3, 0.4) is 0 Å². The van der Waals surface area contributed by atoms with Crippen molar-refractivity contribution in [3.63, 3.8) is 0 Å². The van der Waals surface area contributed by atoms with Gasteiger partial charge in [-0.15, -0.1) is 0 Å². The van der Waals surface area contributed by atoms with Crippen LogP contribution in [0.25, 0.3) is 0 Å². The van der Waals surface area contributed by atoms with E-state index < -0.39 is 23.7 Å². The molecule has 0 saturated heterocycles. The fraction of sp³-hybridized carbons (Fsp3) is 0.154. The second-order valence-electron chi connectivity index (χ2n) is 4.25. The Hall–Kier alpha value is -2.41. The van der Waals surface area contributed by atoms with Gasteiger partial charge in [-0.3, -0.25) is 4.79 Å². The Kier molecular flexibility index (Phi) is 4.23. The van der Waals surface area contributed by atoms with Gasteiger partial charge in [0, 0.05) is 6.07 Å². The second kappa shape index (κ2) is 5.92. The molecule has 0 aliphatic carbocycles. The topological polar surface area (TPSA) is 92.4 Å². The molecule has 0 radical (unpaired) electrons. The quantitative estimate of drug-likeness (QED) is 0.904. The summed E-state index contributed by atoms with van der Waals surface area (Å²) in [5.41, 5.74) is 0.526. The average molecular weight is 313 g/mol. The fourth-order valence-corrected chi connectivity index (χ4v) is 1.77. The number of nitrogens with zero attached hydrogens (tertiary/aromatic N) is 1. The molecule has 8 heteroatoms. The summed E-state index contributed by atoms with van der Waals surface area (Å²) in [6, 6.07) is 3.40. The number of nitrogens with one attached hydrogen (secondary N) is 1. The van der Waals surface area contributed by atoms with E-state index in [-0.39, 0.29) is 16.3 Å². The van der Waals surface area contributed by atoms with Crippen LogP contribution in [0, 0.1) is 12.7 Å². The van der Waals surface area contributed by atoms with Crippen LogP contribution in [0.5, 0.6) is 0 Å². The Morgan fingerprint density at radius 2 is 2.14 bits per heavy atom. The molecule has 0 fully saturated rings. The number of aromatic nitrogens is 1. The Bertz CT molecular complexity index is 701. The minimum absolute atomic E-state index is 0.0500. The second-order valence-corrected chi connectivity index (χ2v) is 4.66. The number of amides is 1. The summed E-state index contributed by atoms with van der Waals surface area (Å²) in [6.45, 7) is 1.61. The van der Waals surface area contributed by atoms with Crippen LogP contribution in [0.1, 0.15) is 27.9 Å². The van der Waals surface area contributed by atoms with E-state index in [4.69, 9.17) is 16.1 Å². The van der Waals surface area contributed by atoms with Crippen LogP contribution in [-0.2, 0) is 4.79 Å². The molecule has 21 heavy (non-hydrogen) atoms. The zero-order chi connectivity index (χ0) is 15.6. The monoisotopic (exact) mass is 312 g/mol. The van der Waals surface area contributed by atoms with E-state index in [1.54, 1.807) is 6.92 Å². The Labute approximate surface area is 123 Å². The molecule has 1 heterocycles. The van der Waals surface area contributed by atoms with E-state index in [2.05, 4.69) is 10.5 Å². The summed E-state index contributed by atoms with van der Waals surface area (Å²) >= 11 is 5.54. The molecule has 6 nitrogen and oxygen atoms in total. The van der Waals surface area contributed by atoms with E-state index in [0.717, 1.165) is 6.07 Å². The number of carbonyl (C=O) groups is 2. The lowest BCUT2D eigenvalue weighted by Gasteiger charge is -2.14. The number of carboxylic acids is 1. The van der Waals surface area contributed by atoms with E-state index in [0.29, 0.717) is 5.69 Å². The highest BCUT2D eigenvalue weighted by atomic mass is 35.5. The van der Waals surface area contributed by atoms with Crippen LogP contribution in [0.2, 0.25) is 5.02 Å². The van der Waals surface area contributed by atoms with Gasteiger partial charge < -0.3 is 14.9 Å². The predicted octanol–water partition coefficient (Wildman–Crippen LogP) is 2.33. The van der Waals surface area contributed by atoms with Crippen LogP contribution in [0.15, 0.2) is 28.8 Å². The number of carboxylic acid groups (broad SMARTS) is 1. The van der Waals surface area contributed by atoms with Crippen LogP contribution in [-0.4, -0.2) is 22.1 Å². The lowest BCUT2D eigenvalue weighted by molar-refractivity contribution is -0.139. The Morgan fingerprint density at radius 1 is 1.43 bits per heavy atom. The molecule has 110 valence electrons. The first-order chi connectivity index (χ1) is 9.88. The van der Waals surface area contributed by atoms with Gasteiger partial charge in [-0.2, -0.15) is 0 Å². The molecular formula is C13H10ClFN2O4. The number of aliphatic carboxylic acids is 1. The molecular weight excluding hydrogens is 303 g/mol. The van der Waals surface area contributed by atoms with Gasteiger partial charge in [0.25, 0.3) is 5.91 Å². The summed E-state index contributed by atoms with van der Waals surface area (Å²) < 4.78 is 18.1. The molecule has 0 aliphatic rings. The molecule has 2 N–H and O–H groups in total. The van der Waals surface area contributed by atoms with Gasteiger partial charge in [0.15, 0.2) is 6.04 Å². The van der Waals surface area contributed by atoms with E-state index in [1.165, 1.54) is 18.2 Å². The highest BCUT2D eigenvalue weighted by molar-refractivity contribution is 6.30. The highest BCUT2D eigenvalue weighted by Gasteiger charge is 2.25. The SMILES string of the molecule is Cc1cc(C(=O)N[C@H](C(=O)O)c2ccc(Cl)c(F)c2)on1. The summed E-state index contributed by atoms with van der Waals surface area (Å²) in [5.74, 6) is -3.02. The van der Waals surface area contributed by atoms with Crippen molar-refractivity contribution in [2.75, 3.05) is 0 Å². The van der Waals surface area contributed by atoms with Gasteiger partial charge >= 0.3 is 5.97 Å². The first-order valence-corrected chi connectivity index (χ1v) is 6.18. The van der Waals surface area contributed by atoms with Crippen molar-refractivity contribution < 1.29 is 23.6 Å². The molecule has 2 rings (SSSR count). The summed E-state index contributed by atoms with van der Waals surface area (Å²) in [4.78, 5) is 23.1. The summed E-state index contributed by atoms with van der Waals surface area (Å²) in [6.07, 6.45) is 0. The minimum atomic E-state index is -1.44. The maximum absolute atomic E-state index is 13.4. The minimum Gasteiger partial charge on any atom is -0.479 e. The number of carbonyl (C=O) groups excluding carboxylic acids is 1. The number of halogens is 2. The largest absolute Gasteiger partial charge is 0.479 e. The van der Waals surface area contributed by atoms with Crippen molar-refractivity contribution in [1.82, 2.24) is 10.5 Å². The Morgan fingerprint density at radius 3 is 2.67 bits per heavy atom. The third-order valence-electron chi connectivity index (χ3n) is 2.65. The number of hydrogen-bond donors (Lipinski definition) is 2. The highest BCUT2D eigenvalue weighted by Crippen LogP contribution is 2.21. The summed E-state index contributed by atoms with van der Waals surface area (Å²) in [5, 5.41) is 14.8. The van der Waals surface area contributed by atoms with Crippen molar-refractivity contribution in [3.05, 3.63) is 52.1 Å². The van der Waals surface area contributed by atoms with Gasteiger partial charge in [-0.1, -0.05) is 22.8 Å². The smallest absolute Gasteiger partial charge is 0.330 e. The third kappa shape index (κ3) is 3.38. The lowest BCUT2D eigenvalue weighted by atomic mass is 10.1. The van der Waals surface area contributed by atoms with Gasteiger partial charge in [0.05, 0.1) is 10.7 Å². The predicted molar refractivity (Wildman–Crippen MR) is 70.5 cm³/mol. The summed E-state index contributed by atoms with van der Waals surface area (Å²) in [7, 11) is 0. The van der Waals surface area contributed by atoms with Crippen molar-refractivity contribution >= 4 is 23.5 Å². The molecule has 0 saturated carbocycles. The van der Waals surface area contributed by atoms with Gasteiger partial charge in [0.1, 0.15) is 5.82 Å². The van der Waals surface area contributed by atoms with E-state index in [9.17, 15) is 19.1 Å². The number of rotatable bonds is 4. The van der Waals surface area contributed by atoms with Gasteiger partial charge in [0.2, 0.25) is 5.76 Å². The molecule has 1 aromatic carbocycles. The maximum atomic E-state index is 13.4. The van der Waals surface area contributed by atoms with Gasteiger partial charge in [-0.25, -0.2) is 9.18 Å². The first-order valence-electron chi connectivity index (χ1n) is 5.80. The molecule has 0 spiro atoms. The molecule has 2 aromatic rings. The van der Waals surface area contributed by atoms with Crippen molar-refractivity contribution in [2.24, 2.45) is 0 Å². The van der Waals surface area contributed by atoms with Crippen LogP contribution in [0.4, 0.5) is 4.39 Å². The van der Waals surface area contributed by atoms with Gasteiger partial charge in [-0.05, 0) is 24.6 Å². The van der Waals surface area contributed by atoms with E-state index in [1.807, 2.05) is 0 Å². The average Bonchev–Trinajstić information content (AvgIpc) is 2.85. The molecule has 0 bridgehead atoms. The standard InChI is InChI=1S/C13H10ClFN2O4/c1-6-4-10(21-17-6)12(18)16-11(13(19)20)7-2-3-8(14)9(15)5-7/h2-5,11H,1H3,(H,16,18)(H,19,20)/t11-/m0/s1. The molecule has 0 unspecified atom stereocenters. The first kappa shape index (κ1) is 15.0. The van der Waals surface area contributed by atoms with Crippen LogP contribution >= 0.6 is 11.6 Å². The molecule has 0 aliphatic heterocycles. The number of hydrogen-bond acceptors (Lipinski definition) is 4. The molecule has 1 atom stereocenters. The number of aryl methyl sites for hydroxylation is 1. The molecule has 1 aromatic heterocycles. The maximum Gasteiger partial charge on any atom is 0.330 e. The van der Waals surface area contributed by atoms with E-state index >= 15 is 0 Å². The van der Waals surface area contributed by atoms with Crippen molar-refractivity contribution in [3.8, 4) is 0 Å². The zero-order valence-corrected chi connectivity index (χ0v) is 11.5. The third-order valence-corrected chi connectivity index (χ3v) is 2.96. The Balaban J connectivity index is 2.25. The number of benzene rings is 1. The van der Waals surface area contributed by atoms with Crippen molar-refractivity contribution in [2.45, 2.75) is 13.0 Å². The molecule has 1 amide bonds.